The second-order valence-corrected chi connectivity index (χ2v) is 6.32. The van der Waals surface area contributed by atoms with E-state index in [-0.39, 0.29) is 9.88 Å². The highest BCUT2D eigenvalue weighted by atomic mass is 32.2. The van der Waals surface area contributed by atoms with Gasteiger partial charge in [-0.2, -0.15) is 8.75 Å². The van der Waals surface area contributed by atoms with Crippen molar-refractivity contribution in [1.29, 1.82) is 0 Å². The molecule has 1 atom stereocenters. The number of nitrogens with two attached hydrogens (primary N) is 1. The first-order chi connectivity index (χ1) is 8.42. The van der Waals surface area contributed by atoms with Crippen molar-refractivity contribution in [2.24, 2.45) is 5.73 Å². The molecule has 0 aliphatic carbocycles. The predicted molar refractivity (Wildman–Crippen MR) is 74.0 cm³/mol. The molecule has 0 saturated heterocycles. The van der Waals surface area contributed by atoms with Gasteiger partial charge in [0.1, 0.15) is 15.9 Å². The Morgan fingerprint density at radius 3 is 2.89 bits per heavy atom. The number of sulfonamides is 1. The van der Waals surface area contributed by atoms with Crippen LogP contribution in [0.15, 0.2) is 23.1 Å². The summed E-state index contributed by atoms with van der Waals surface area (Å²) in [5, 5.41) is 0. The largest absolute Gasteiger partial charge is 0.392 e. The van der Waals surface area contributed by atoms with Gasteiger partial charge in [0.2, 0.25) is 10.0 Å². The van der Waals surface area contributed by atoms with Crippen LogP contribution in [0.2, 0.25) is 0 Å². The molecule has 1 aromatic carbocycles. The first-order valence-electron chi connectivity index (χ1n) is 4.95. The molecule has 6 nitrogen and oxygen atoms in total. The highest BCUT2D eigenvalue weighted by molar-refractivity contribution is 7.90. The number of nitrogens with one attached hydrogen (secondary N) is 1. The Bertz CT molecular complexity index is 695. The van der Waals surface area contributed by atoms with Gasteiger partial charge in [0, 0.05) is 0 Å². The fourth-order valence-corrected chi connectivity index (χ4v) is 3.48. The summed E-state index contributed by atoms with van der Waals surface area (Å²) in [6.07, 6.45) is 0. The third-order valence-corrected chi connectivity index (χ3v) is 4.77. The fraction of sp³-hybridized carbons (Fsp3) is 0.222. The highest BCUT2D eigenvalue weighted by Gasteiger charge is 2.22. The van der Waals surface area contributed by atoms with Gasteiger partial charge in [0.15, 0.2) is 0 Å². The molecule has 1 heterocycles. The standard InChI is InChI=1S/C9H10N4O2S3/c1-5(9(10)16)13-18(14,15)7-4-2-3-6-8(7)12-17-11-6/h2-5,13H,1H3,(H2,10,16). The average Bonchev–Trinajstić information content (AvgIpc) is 2.75. The SMILES string of the molecule is CC(NS(=O)(=O)c1cccc2nsnc12)C(N)=S. The van der Waals surface area contributed by atoms with Crippen LogP contribution in [0.25, 0.3) is 11.0 Å². The molecule has 2 aromatic rings. The maximum atomic E-state index is 12.2. The van der Waals surface area contributed by atoms with Crippen LogP contribution < -0.4 is 10.5 Å². The third-order valence-electron chi connectivity index (χ3n) is 2.30. The van der Waals surface area contributed by atoms with E-state index in [1.54, 1.807) is 19.1 Å². The average molecular weight is 302 g/mol. The zero-order chi connectivity index (χ0) is 13.3. The number of aromatic nitrogens is 2. The van der Waals surface area contributed by atoms with Gasteiger partial charge in [0.25, 0.3) is 0 Å². The Hall–Kier alpha value is -1.16. The van der Waals surface area contributed by atoms with E-state index in [0.29, 0.717) is 11.0 Å². The van der Waals surface area contributed by atoms with E-state index in [1.165, 1.54) is 6.07 Å². The van der Waals surface area contributed by atoms with Crippen molar-refractivity contribution >= 4 is 50.0 Å². The van der Waals surface area contributed by atoms with E-state index in [9.17, 15) is 8.42 Å². The van der Waals surface area contributed by atoms with Crippen LogP contribution in [0, 0.1) is 0 Å². The van der Waals surface area contributed by atoms with Gasteiger partial charge in [-0.25, -0.2) is 13.1 Å². The molecular weight excluding hydrogens is 292 g/mol. The van der Waals surface area contributed by atoms with Gasteiger partial charge in [0.05, 0.1) is 22.8 Å². The van der Waals surface area contributed by atoms with E-state index in [1.807, 2.05) is 0 Å². The Morgan fingerprint density at radius 1 is 1.50 bits per heavy atom. The molecule has 2 rings (SSSR count). The summed E-state index contributed by atoms with van der Waals surface area (Å²) < 4.78 is 34.7. The summed E-state index contributed by atoms with van der Waals surface area (Å²) in [4.78, 5) is 0.166. The zero-order valence-electron chi connectivity index (χ0n) is 9.32. The van der Waals surface area contributed by atoms with Gasteiger partial charge >= 0.3 is 0 Å². The Morgan fingerprint density at radius 2 is 2.22 bits per heavy atom. The smallest absolute Gasteiger partial charge is 0.243 e. The molecule has 0 aliphatic rings. The van der Waals surface area contributed by atoms with Crippen LogP contribution in [-0.2, 0) is 10.0 Å². The predicted octanol–water partition coefficient (Wildman–Crippen LogP) is 0.644. The summed E-state index contributed by atoms with van der Waals surface area (Å²) >= 11 is 5.71. The van der Waals surface area contributed by atoms with E-state index in [0.717, 1.165) is 11.7 Å². The van der Waals surface area contributed by atoms with Gasteiger partial charge < -0.3 is 5.73 Å². The summed E-state index contributed by atoms with van der Waals surface area (Å²) in [5.41, 5.74) is 6.29. The second-order valence-electron chi connectivity index (χ2n) is 3.63. The van der Waals surface area contributed by atoms with Crippen LogP contribution in [-0.4, -0.2) is 28.2 Å². The number of benzene rings is 1. The lowest BCUT2D eigenvalue weighted by Gasteiger charge is -2.12. The lowest BCUT2D eigenvalue weighted by atomic mass is 10.3. The van der Waals surface area contributed by atoms with E-state index >= 15 is 0 Å². The van der Waals surface area contributed by atoms with Crippen molar-refractivity contribution < 1.29 is 8.42 Å². The minimum atomic E-state index is -3.71. The van der Waals surface area contributed by atoms with Crippen LogP contribution in [0.3, 0.4) is 0 Å². The molecule has 0 fully saturated rings. The minimum Gasteiger partial charge on any atom is -0.392 e. The Kier molecular flexibility index (Phi) is 3.57. The summed E-state index contributed by atoms with van der Waals surface area (Å²) in [7, 11) is -3.71. The van der Waals surface area contributed by atoms with Gasteiger partial charge in [-0.1, -0.05) is 18.3 Å². The van der Waals surface area contributed by atoms with Crippen molar-refractivity contribution in [3.63, 3.8) is 0 Å². The first kappa shape index (κ1) is 13.3. The molecule has 0 spiro atoms. The molecule has 0 amide bonds. The molecule has 0 saturated carbocycles. The topological polar surface area (TPSA) is 98.0 Å². The van der Waals surface area contributed by atoms with Gasteiger partial charge in [-0.15, -0.1) is 0 Å². The number of hydrogen-bond donors (Lipinski definition) is 2. The second kappa shape index (κ2) is 4.84. The summed E-state index contributed by atoms with van der Waals surface area (Å²) in [6, 6.07) is 4.17. The lowest BCUT2D eigenvalue weighted by molar-refractivity contribution is 0.579. The summed E-state index contributed by atoms with van der Waals surface area (Å²) in [5.74, 6) is 0. The Balaban J connectivity index is 2.47. The van der Waals surface area contributed by atoms with Gasteiger partial charge in [-0.3, -0.25) is 0 Å². The molecule has 0 bridgehead atoms. The van der Waals surface area contributed by atoms with Crippen molar-refractivity contribution in [2.45, 2.75) is 17.9 Å². The monoisotopic (exact) mass is 302 g/mol. The Labute approximate surface area is 114 Å². The highest BCUT2D eigenvalue weighted by Crippen LogP contribution is 2.21. The molecular formula is C9H10N4O2S3. The van der Waals surface area contributed by atoms with Crippen molar-refractivity contribution in [1.82, 2.24) is 13.5 Å². The van der Waals surface area contributed by atoms with Crippen LogP contribution >= 0.6 is 23.9 Å². The van der Waals surface area contributed by atoms with E-state index in [2.05, 4.69) is 13.5 Å². The lowest BCUT2D eigenvalue weighted by Crippen LogP contribution is -2.41. The maximum Gasteiger partial charge on any atom is 0.243 e. The molecule has 9 heteroatoms. The number of fused-ring (bicyclic) bond motifs is 1. The number of thiocarbonyl (C=S) groups is 1. The molecule has 18 heavy (non-hydrogen) atoms. The maximum absolute atomic E-state index is 12.2. The normalized spacial score (nSPS) is 13.6. The number of nitrogens with zero attached hydrogens (tertiary/aromatic N) is 2. The molecule has 0 aliphatic heterocycles. The molecule has 0 radical (unpaired) electrons. The van der Waals surface area contributed by atoms with Crippen LogP contribution in [0.4, 0.5) is 0 Å². The fourth-order valence-electron chi connectivity index (χ4n) is 1.35. The first-order valence-corrected chi connectivity index (χ1v) is 7.57. The number of hydrogen-bond acceptors (Lipinski definition) is 6. The van der Waals surface area contributed by atoms with Crippen molar-refractivity contribution in [3.05, 3.63) is 18.2 Å². The van der Waals surface area contributed by atoms with E-state index < -0.39 is 16.1 Å². The number of rotatable bonds is 4. The van der Waals surface area contributed by atoms with Crippen molar-refractivity contribution in [2.75, 3.05) is 0 Å². The summed E-state index contributed by atoms with van der Waals surface area (Å²) in [6.45, 7) is 1.58. The van der Waals surface area contributed by atoms with Gasteiger partial charge in [-0.05, 0) is 19.1 Å². The quantitative estimate of drug-likeness (QED) is 0.805. The zero-order valence-corrected chi connectivity index (χ0v) is 11.8. The molecule has 3 N–H and O–H groups in total. The molecule has 96 valence electrons. The molecule has 1 unspecified atom stereocenters. The van der Waals surface area contributed by atoms with Crippen LogP contribution in [0.1, 0.15) is 6.92 Å². The van der Waals surface area contributed by atoms with Crippen molar-refractivity contribution in [3.8, 4) is 0 Å². The third kappa shape index (κ3) is 2.48. The van der Waals surface area contributed by atoms with E-state index in [4.69, 9.17) is 18.0 Å². The van der Waals surface area contributed by atoms with Crippen LogP contribution in [0.5, 0.6) is 0 Å². The molecule has 1 aromatic heterocycles. The minimum absolute atomic E-state index is 0.0804.